The van der Waals surface area contributed by atoms with Crippen molar-refractivity contribution in [2.24, 2.45) is 4.99 Å². The van der Waals surface area contributed by atoms with E-state index in [4.69, 9.17) is 4.74 Å². The van der Waals surface area contributed by atoms with Crippen molar-refractivity contribution in [2.75, 3.05) is 66.3 Å². The number of carbonyl (C=O) groups excluding carboxylic acids is 1. The van der Waals surface area contributed by atoms with E-state index in [2.05, 4.69) is 42.5 Å². The molecule has 3 rings (SSSR count). The van der Waals surface area contributed by atoms with E-state index in [0.29, 0.717) is 47.7 Å². The third kappa shape index (κ3) is 6.98. The smallest absolute Gasteiger partial charge is 0.199 e. The van der Waals surface area contributed by atoms with Gasteiger partial charge in [0.25, 0.3) is 0 Å². The molecule has 0 aliphatic carbocycles. The van der Waals surface area contributed by atoms with Crippen molar-refractivity contribution in [3.63, 3.8) is 0 Å². The molecule has 0 aliphatic heterocycles. The van der Waals surface area contributed by atoms with Crippen LogP contribution in [0.1, 0.15) is 11.1 Å². The summed E-state index contributed by atoms with van der Waals surface area (Å²) >= 11 is 0. The van der Waals surface area contributed by atoms with Crippen LogP contribution in [0.4, 0.5) is 11.5 Å². The summed E-state index contributed by atoms with van der Waals surface area (Å²) in [4.78, 5) is 31.0. The van der Waals surface area contributed by atoms with E-state index in [1.54, 1.807) is 13.3 Å². The highest BCUT2D eigenvalue weighted by atomic mass is 16.5. The van der Waals surface area contributed by atoms with Crippen molar-refractivity contribution in [1.82, 2.24) is 30.1 Å². The Morgan fingerprint density at radius 1 is 1.20 bits per heavy atom. The Hall–Kier alpha value is -3.54. The van der Waals surface area contributed by atoms with Gasteiger partial charge >= 0.3 is 0 Å². The first kappa shape index (κ1) is 26.1. The van der Waals surface area contributed by atoms with E-state index < -0.39 is 0 Å². The maximum Gasteiger partial charge on any atom is 0.199 e. The maximum atomic E-state index is 10.8. The summed E-state index contributed by atoms with van der Waals surface area (Å²) in [6.45, 7) is 4.23. The predicted octanol–water partition coefficient (Wildman–Crippen LogP) is 1.62. The molecule has 2 heterocycles. The number of aromatic nitrogens is 3. The van der Waals surface area contributed by atoms with Gasteiger partial charge in [0.05, 0.1) is 30.3 Å². The zero-order chi connectivity index (χ0) is 25.2. The summed E-state index contributed by atoms with van der Waals surface area (Å²) in [5.41, 5.74) is 2.62. The second-order valence-electron chi connectivity index (χ2n) is 8.28. The van der Waals surface area contributed by atoms with Gasteiger partial charge < -0.3 is 35.2 Å². The van der Waals surface area contributed by atoms with Gasteiger partial charge in [-0.1, -0.05) is 0 Å². The van der Waals surface area contributed by atoms with Gasteiger partial charge in [-0.25, -0.2) is 9.97 Å². The highest BCUT2D eigenvalue weighted by molar-refractivity contribution is 6.06. The minimum atomic E-state index is -0.0297. The van der Waals surface area contributed by atoms with Gasteiger partial charge in [0.15, 0.2) is 5.88 Å². The Morgan fingerprint density at radius 2 is 2.00 bits per heavy atom. The number of fused-ring (bicyclic) bond motifs is 1. The number of nitrogens with zero attached hydrogens (tertiary/aromatic N) is 5. The van der Waals surface area contributed by atoms with Crippen LogP contribution in [0, 0.1) is 0 Å². The molecule has 0 fully saturated rings. The molecule has 0 unspecified atom stereocenters. The lowest BCUT2D eigenvalue weighted by Gasteiger charge is -2.17. The molecule has 0 aliphatic rings. The van der Waals surface area contributed by atoms with E-state index in [1.165, 1.54) is 6.33 Å². The van der Waals surface area contributed by atoms with Crippen LogP contribution < -0.4 is 15.4 Å². The third-order valence-corrected chi connectivity index (χ3v) is 5.57. The van der Waals surface area contributed by atoms with Gasteiger partial charge in [0.2, 0.25) is 0 Å². The van der Waals surface area contributed by atoms with E-state index in [0.717, 1.165) is 37.2 Å². The first-order valence-electron chi connectivity index (χ1n) is 11.4. The number of ether oxygens (including phenoxy) is 1. The highest BCUT2D eigenvalue weighted by Gasteiger charge is 2.15. The zero-order valence-corrected chi connectivity index (χ0v) is 20.7. The van der Waals surface area contributed by atoms with Crippen molar-refractivity contribution < 1.29 is 14.6 Å². The molecule has 35 heavy (non-hydrogen) atoms. The molecule has 0 radical (unpaired) electrons. The van der Waals surface area contributed by atoms with Crippen LogP contribution in [0.3, 0.4) is 0 Å². The molecule has 4 N–H and O–H groups in total. The summed E-state index contributed by atoms with van der Waals surface area (Å²) in [6, 6.07) is 5.58. The molecule has 2 aromatic heterocycles. The van der Waals surface area contributed by atoms with E-state index in [9.17, 15) is 9.90 Å². The Bertz CT molecular complexity index is 1150. The van der Waals surface area contributed by atoms with Gasteiger partial charge in [-0.3, -0.25) is 9.89 Å². The molecule has 0 bridgehead atoms. The summed E-state index contributed by atoms with van der Waals surface area (Å²) in [7, 11) is 7.47. The van der Waals surface area contributed by atoms with Gasteiger partial charge in [0.1, 0.15) is 29.8 Å². The normalized spacial score (nSPS) is 11.7. The van der Waals surface area contributed by atoms with E-state index in [1.807, 2.05) is 37.2 Å². The van der Waals surface area contributed by atoms with Crippen molar-refractivity contribution in [3.8, 4) is 11.6 Å². The van der Waals surface area contributed by atoms with Crippen LogP contribution in [-0.4, -0.2) is 103 Å². The molecule has 0 amide bonds. The molecule has 11 heteroatoms. The molecular formula is C24H34N8O3. The Kier molecular flexibility index (Phi) is 9.53. The van der Waals surface area contributed by atoms with Gasteiger partial charge in [-0.05, 0) is 39.3 Å². The Balaban J connectivity index is 1.83. The van der Waals surface area contributed by atoms with Crippen LogP contribution in [0.15, 0.2) is 29.5 Å². The lowest BCUT2D eigenvalue weighted by molar-refractivity contribution is -0.108. The Morgan fingerprint density at radius 3 is 2.74 bits per heavy atom. The number of methoxy groups -OCH3 is 1. The van der Waals surface area contributed by atoms with Crippen LogP contribution in [-0.2, 0) is 11.3 Å². The first-order valence-corrected chi connectivity index (χ1v) is 11.4. The number of benzene rings is 1. The lowest BCUT2D eigenvalue weighted by atomic mass is 10.1. The summed E-state index contributed by atoms with van der Waals surface area (Å²) in [5, 5.41) is 17.7. The molecule has 11 nitrogen and oxygen atoms in total. The number of likely N-dealkylation sites (N-methyl/N-ethyl adjacent to an activating group) is 3. The number of aldehydes is 1. The van der Waals surface area contributed by atoms with Crippen molar-refractivity contribution in [3.05, 3.63) is 35.7 Å². The minimum Gasteiger partial charge on any atom is -0.496 e. The van der Waals surface area contributed by atoms with Crippen LogP contribution in [0.2, 0.25) is 0 Å². The van der Waals surface area contributed by atoms with Crippen LogP contribution in [0.5, 0.6) is 11.6 Å². The summed E-state index contributed by atoms with van der Waals surface area (Å²) < 4.78 is 5.45. The number of nitrogens with one attached hydrogen (secondary N) is 3. The maximum absolute atomic E-state index is 10.8. The fraction of sp³-hybridized carbons (Fsp3) is 0.417. The van der Waals surface area contributed by atoms with E-state index >= 15 is 0 Å². The molecule has 1 aromatic carbocycles. The van der Waals surface area contributed by atoms with Crippen LogP contribution >= 0.6 is 0 Å². The second-order valence-corrected chi connectivity index (χ2v) is 8.28. The van der Waals surface area contributed by atoms with Crippen molar-refractivity contribution >= 4 is 35.0 Å². The summed E-state index contributed by atoms with van der Waals surface area (Å²) in [6.07, 6.45) is 3.92. The molecule has 0 spiro atoms. The number of anilines is 1. The quantitative estimate of drug-likeness (QED) is 0.200. The summed E-state index contributed by atoms with van der Waals surface area (Å²) in [5.74, 6) is 1.31. The number of hydrogen-bond donors (Lipinski definition) is 4. The Labute approximate surface area is 205 Å². The largest absolute Gasteiger partial charge is 0.496 e. The first-order chi connectivity index (χ1) is 17.0. The standard InChI is InChI=1S/C24H34N8O3/c1-25-7-9-31(2)10-8-26-22-21-19(24(34)30-23(21)29-16-28-22)14-27-18-5-6-20(35-4)17(13-18)15-32(3)11-12-33/h5-6,12-14,16,25,34H,7-11,15H2,1-4H3,(H2,26,28,29,30). The van der Waals surface area contributed by atoms with Gasteiger partial charge in [-0.2, -0.15) is 0 Å². The average molecular weight is 483 g/mol. The lowest BCUT2D eigenvalue weighted by Crippen LogP contribution is -2.31. The van der Waals surface area contributed by atoms with Crippen molar-refractivity contribution in [2.45, 2.75) is 6.54 Å². The second kappa shape index (κ2) is 12.8. The van der Waals surface area contributed by atoms with Crippen molar-refractivity contribution in [1.29, 1.82) is 0 Å². The fourth-order valence-electron chi connectivity index (χ4n) is 3.66. The topological polar surface area (TPSA) is 131 Å². The number of H-pyrrole nitrogens is 1. The van der Waals surface area contributed by atoms with Gasteiger partial charge in [0, 0.05) is 44.5 Å². The monoisotopic (exact) mass is 482 g/mol. The molecule has 0 saturated carbocycles. The number of carbonyl (C=O) groups is 1. The number of aromatic hydroxyl groups is 1. The molecular weight excluding hydrogens is 448 g/mol. The molecule has 3 aromatic rings. The third-order valence-electron chi connectivity index (χ3n) is 5.57. The molecule has 0 saturated heterocycles. The van der Waals surface area contributed by atoms with Crippen LogP contribution in [0.25, 0.3) is 11.0 Å². The molecule has 188 valence electrons. The average Bonchev–Trinajstić information content (AvgIpc) is 3.17. The fourth-order valence-corrected chi connectivity index (χ4v) is 3.66. The minimum absolute atomic E-state index is 0.0297. The highest BCUT2D eigenvalue weighted by Crippen LogP contribution is 2.30. The van der Waals surface area contributed by atoms with E-state index in [-0.39, 0.29) is 5.88 Å². The predicted molar refractivity (Wildman–Crippen MR) is 138 cm³/mol. The number of aromatic amines is 1. The zero-order valence-electron chi connectivity index (χ0n) is 20.7. The number of hydrogen-bond acceptors (Lipinski definition) is 10. The SMILES string of the molecule is CNCCN(C)CCNc1ncnc2[nH]c(O)c(C=Nc3ccc(OC)c(CN(C)CC=O)c3)c12. The molecule has 0 atom stereocenters. The number of aliphatic imine (C=N–C) groups is 1. The number of rotatable bonds is 14. The van der Waals surface area contributed by atoms with Gasteiger partial charge in [-0.15, -0.1) is 0 Å².